The molecule has 0 aromatic carbocycles. The Morgan fingerprint density at radius 3 is 2.38 bits per heavy atom. The number of aliphatic carboxylic acids is 1. The van der Waals surface area contributed by atoms with Gasteiger partial charge >= 0.3 is 5.97 Å². The van der Waals surface area contributed by atoms with Crippen molar-refractivity contribution >= 4 is 11.9 Å². The number of carbonyl (C=O) groups is 2. The molecule has 0 bridgehead atoms. The van der Waals surface area contributed by atoms with Crippen LogP contribution in [-0.2, 0) is 9.59 Å². The summed E-state index contributed by atoms with van der Waals surface area (Å²) in [5.74, 6) is -0.781. The third kappa shape index (κ3) is 1.93. The first kappa shape index (κ1) is 11.4. The molecule has 0 unspecified atom stereocenters. The summed E-state index contributed by atoms with van der Waals surface area (Å²) in [6.07, 6.45) is 4.63. The molecular weight excluding hydrogens is 206 g/mol. The summed E-state index contributed by atoms with van der Waals surface area (Å²) in [7, 11) is 0. The standard InChI is InChI=1S/C12H19NO3/c1-8-10(12(15)16)6-3-7-13(8)11(14)9-4-2-5-9/h8-10H,2-7H2,1H3,(H,15,16)/t8-,10-/m1/s1. The van der Waals surface area contributed by atoms with E-state index in [-0.39, 0.29) is 23.8 Å². The van der Waals surface area contributed by atoms with Crippen LogP contribution in [0, 0.1) is 11.8 Å². The number of likely N-dealkylation sites (tertiary alicyclic amines) is 1. The van der Waals surface area contributed by atoms with Gasteiger partial charge < -0.3 is 10.0 Å². The van der Waals surface area contributed by atoms with Crippen molar-refractivity contribution in [2.75, 3.05) is 6.54 Å². The summed E-state index contributed by atoms with van der Waals surface area (Å²) in [5.41, 5.74) is 0. The Hall–Kier alpha value is -1.06. The van der Waals surface area contributed by atoms with Crippen LogP contribution in [0.15, 0.2) is 0 Å². The molecule has 0 aromatic heterocycles. The second-order valence-electron chi connectivity index (χ2n) is 4.99. The van der Waals surface area contributed by atoms with Crippen LogP contribution in [0.3, 0.4) is 0 Å². The van der Waals surface area contributed by atoms with Crippen LogP contribution in [-0.4, -0.2) is 34.5 Å². The lowest BCUT2D eigenvalue weighted by atomic mass is 9.82. The number of carboxylic acid groups (broad SMARTS) is 1. The van der Waals surface area contributed by atoms with Gasteiger partial charge in [0.2, 0.25) is 5.91 Å². The van der Waals surface area contributed by atoms with E-state index >= 15 is 0 Å². The Morgan fingerprint density at radius 2 is 1.88 bits per heavy atom. The minimum Gasteiger partial charge on any atom is -0.481 e. The van der Waals surface area contributed by atoms with Gasteiger partial charge in [-0.3, -0.25) is 9.59 Å². The number of carboxylic acids is 1. The summed E-state index contributed by atoms with van der Waals surface area (Å²) in [4.78, 5) is 24.9. The number of nitrogens with zero attached hydrogens (tertiary/aromatic N) is 1. The average Bonchev–Trinajstić information content (AvgIpc) is 2.14. The van der Waals surface area contributed by atoms with Crippen molar-refractivity contribution in [3.8, 4) is 0 Å². The molecule has 1 heterocycles. The fourth-order valence-electron chi connectivity index (χ4n) is 2.67. The largest absolute Gasteiger partial charge is 0.481 e. The first-order chi connectivity index (χ1) is 7.61. The molecule has 2 fully saturated rings. The number of hydrogen-bond donors (Lipinski definition) is 1. The lowest BCUT2D eigenvalue weighted by Gasteiger charge is -2.41. The third-order valence-electron chi connectivity index (χ3n) is 4.04. The lowest BCUT2D eigenvalue weighted by Crippen LogP contribution is -2.51. The number of amides is 1. The number of piperidine rings is 1. The van der Waals surface area contributed by atoms with Gasteiger partial charge in [0.15, 0.2) is 0 Å². The Bertz CT molecular complexity index is 299. The van der Waals surface area contributed by atoms with E-state index in [9.17, 15) is 9.59 Å². The first-order valence-electron chi connectivity index (χ1n) is 6.14. The Morgan fingerprint density at radius 1 is 1.19 bits per heavy atom. The summed E-state index contributed by atoms with van der Waals surface area (Å²) < 4.78 is 0. The summed E-state index contributed by atoms with van der Waals surface area (Å²) in [6, 6.07) is -0.139. The van der Waals surface area contributed by atoms with Crippen LogP contribution in [0.4, 0.5) is 0 Å². The normalized spacial score (nSPS) is 30.9. The van der Waals surface area contributed by atoms with Gasteiger partial charge in [-0.1, -0.05) is 6.42 Å². The molecule has 1 amide bonds. The van der Waals surface area contributed by atoms with Crippen molar-refractivity contribution < 1.29 is 14.7 Å². The van der Waals surface area contributed by atoms with Crippen LogP contribution >= 0.6 is 0 Å². The molecule has 4 heteroatoms. The second-order valence-corrected chi connectivity index (χ2v) is 4.99. The molecule has 2 rings (SSSR count). The highest BCUT2D eigenvalue weighted by Crippen LogP contribution is 2.32. The van der Waals surface area contributed by atoms with Crippen LogP contribution in [0.25, 0.3) is 0 Å². The average molecular weight is 225 g/mol. The molecule has 0 aromatic rings. The molecule has 4 nitrogen and oxygen atoms in total. The van der Waals surface area contributed by atoms with Gasteiger partial charge in [-0.25, -0.2) is 0 Å². The van der Waals surface area contributed by atoms with Gasteiger partial charge in [0.25, 0.3) is 0 Å². The zero-order chi connectivity index (χ0) is 11.7. The second kappa shape index (κ2) is 4.44. The molecule has 1 saturated carbocycles. The molecule has 2 aliphatic rings. The minimum atomic E-state index is -0.765. The fraction of sp³-hybridized carbons (Fsp3) is 0.833. The Kier molecular flexibility index (Phi) is 3.17. The fourth-order valence-corrected chi connectivity index (χ4v) is 2.67. The van der Waals surface area contributed by atoms with Crippen LogP contribution in [0.1, 0.15) is 39.0 Å². The van der Waals surface area contributed by atoms with E-state index in [0.29, 0.717) is 6.42 Å². The molecule has 16 heavy (non-hydrogen) atoms. The van der Waals surface area contributed by atoms with Crippen molar-refractivity contribution in [3.05, 3.63) is 0 Å². The van der Waals surface area contributed by atoms with E-state index in [1.165, 1.54) is 0 Å². The molecule has 1 saturated heterocycles. The predicted molar refractivity (Wildman–Crippen MR) is 58.9 cm³/mol. The Labute approximate surface area is 95.6 Å². The SMILES string of the molecule is C[C@@H]1[C@H](C(=O)O)CCCN1C(=O)C1CCC1. The number of hydrogen-bond acceptors (Lipinski definition) is 2. The maximum atomic E-state index is 12.1. The molecule has 2 atom stereocenters. The van der Waals surface area contributed by atoms with Crippen LogP contribution < -0.4 is 0 Å². The highest BCUT2D eigenvalue weighted by atomic mass is 16.4. The zero-order valence-electron chi connectivity index (χ0n) is 9.69. The summed E-state index contributed by atoms with van der Waals surface area (Å²) in [6.45, 7) is 2.61. The Balaban J connectivity index is 2.03. The van der Waals surface area contributed by atoms with E-state index in [2.05, 4.69) is 0 Å². The van der Waals surface area contributed by atoms with Gasteiger partial charge in [-0.2, -0.15) is 0 Å². The molecular formula is C12H19NO3. The molecule has 90 valence electrons. The highest BCUT2D eigenvalue weighted by Gasteiger charge is 2.38. The van der Waals surface area contributed by atoms with Crippen molar-refractivity contribution in [2.24, 2.45) is 11.8 Å². The van der Waals surface area contributed by atoms with E-state index in [4.69, 9.17) is 5.11 Å². The molecule has 1 aliphatic heterocycles. The van der Waals surface area contributed by atoms with E-state index in [1.807, 2.05) is 6.92 Å². The monoisotopic (exact) mass is 225 g/mol. The van der Waals surface area contributed by atoms with Gasteiger partial charge in [0, 0.05) is 18.5 Å². The maximum Gasteiger partial charge on any atom is 0.308 e. The van der Waals surface area contributed by atoms with Gasteiger partial charge in [0.05, 0.1) is 5.92 Å². The van der Waals surface area contributed by atoms with Crippen LogP contribution in [0.5, 0.6) is 0 Å². The maximum absolute atomic E-state index is 12.1. The molecule has 1 aliphatic carbocycles. The first-order valence-corrected chi connectivity index (χ1v) is 6.14. The predicted octanol–water partition coefficient (Wildman–Crippen LogP) is 1.50. The van der Waals surface area contributed by atoms with Crippen molar-refractivity contribution in [1.82, 2.24) is 4.90 Å². The third-order valence-corrected chi connectivity index (χ3v) is 4.04. The van der Waals surface area contributed by atoms with Crippen molar-refractivity contribution in [3.63, 3.8) is 0 Å². The number of carbonyl (C=O) groups excluding carboxylic acids is 1. The van der Waals surface area contributed by atoms with Crippen LogP contribution in [0.2, 0.25) is 0 Å². The molecule has 0 spiro atoms. The summed E-state index contributed by atoms with van der Waals surface area (Å²) in [5, 5.41) is 9.08. The number of rotatable bonds is 2. The van der Waals surface area contributed by atoms with E-state index in [0.717, 1.165) is 32.2 Å². The molecule has 1 N–H and O–H groups in total. The molecule has 0 radical (unpaired) electrons. The van der Waals surface area contributed by atoms with Gasteiger partial charge in [-0.15, -0.1) is 0 Å². The zero-order valence-corrected chi connectivity index (χ0v) is 9.69. The van der Waals surface area contributed by atoms with Gasteiger partial charge in [0.1, 0.15) is 0 Å². The van der Waals surface area contributed by atoms with Gasteiger partial charge in [-0.05, 0) is 32.6 Å². The van der Waals surface area contributed by atoms with Crippen molar-refractivity contribution in [1.29, 1.82) is 0 Å². The quantitative estimate of drug-likeness (QED) is 0.774. The minimum absolute atomic E-state index is 0.139. The lowest BCUT2D eigenvalue weighted by molar-refractivity contribution is -0.151. The van der Waals surface area contributed by atoms with E-state index < -0.39 is 5.97 Å². The summed E-state index contributed by atoms with van der Waals surface area (Å²) >= 11 is 0. The van der Waals surface area contributed by atoms with Crippen molar-refractivity contribution in [2.45, 2.75) is 45.1 Å². The smallest absolute Gasteiger partial charge is 0.308 e. The highest BCUT2D eigenvalue weighted by molar-refractivity contribution is 5.81. The topological polar surface area (TPSA) is 57.6 Å². The van der Waals surface area contributed by atoms with E-state index in [1.54, 1.807) is 4.90 Å².